The van der Waals surface area contributed by atoms with E-state index in [1.165, 1.54) is 0 Å². The van der Waals surface area contributed by atoms with Crippen LogP contribution in [-0.4, -0.2) is 29.1 Å². The number of hydrogen-bond donors (Lipinski definition) is 1. The summed E-state index contributed by atoms with van der Waals surface area (Å²) in [6.45, 7) is 3.49. The first-order chi connectivity index (χ1) is 11.1. The van der Waals surface area contributed by atoms with Gasteiger partial charge in [0, 0.05) is 11.0 Å². The van der Waals surface area contributed by atoms with Crippen molar-refractivity contribution in [3.05, 3.63) is 58.6 Å². The molecule has 0 saturated carbocycles. The molecule has 2 aromatic rings. The van der Waals surface area contributed by atoms with E-state index in [0.717, 1.165) is 34.5 Å². The number of ether oxygens (including phenoxy) is 1. The summed E-state index contributed by atoms with van der Waals surface area (Å²) in [6, 6.07) is 15.4. The van der Waals surface area contributed by atoms with Crippen molar-refractivity contribution in [3.63, 3.8) is 0 Å². The van der Waals surface area contributed by atoms with Gasteiger partial charge in [0.05, 0.1) is 6.54 Å². The molecule has 2 aromatic carbocycles. The number of carboxylic acids is 1. The second-order valence-electron chi connectivity index (χ2n) is 5.31. The van der Waals surface area contributed by atoms with Gasteiger partial charge in [0.25, 0.3) is 0 Å². The molecule has 2 rings (SSSR count). The molecule has 4 nitrogen and oxygen atoms in total. The lowest BCUT2D eigenvalue weighted by Crippen LogP contribution is -2.30. The van der Waals surface area contributed by atoms with Crippen LogP contribution in [-0.2, 0) is 11.3 Å². The van der Waals surface area contributed by atoms with Gasteiger partial charge in [-0.15, -0.1) is 0 Å². The number of carboxylic acid groups (broad SMARTS) is 1. The summed E-state index contributed by atoms with van der Waals surface area (Å²) in [5.41, 5.74) is 1.07. The maximum atomic E-state index is 10.9. The fourth-order valence-electron chi connectivity index (χ4n) is 2.31. The van der Waals surface area contributed by atoms with E-state index >= 15 is 0 Å². The molecule has 0 amide bonds. The highest BCUT2D eigenvalue weighted by molar-refractivity contribution is 9.10. The van der Waals surface area contributed by atoms with E-state index in [4.69, 9.17) is 9.84 Å². The zero-order valence-corrected chi connectivity index (χ0v) is 14.6. The summed E-state index contributed by atoms with van der Waals surface area (Å²) in [5, 5.41) is 8.95. The molecule has 5 heteroatoms. The number of aliphatic carboxylic acids is 1. The molecular weight excluding hydrogens is 358 g/mol. The van der Waals surface area contributed by atoms with Gasteiger partial charge in [-0.05, 0) is 48.9 Å². The van der Waals surface area contributed by atoms with Crippen LogP contribution in [0.3, 0.4) is 0 Å². The van der Waals surface area contributed by atoms with Crippen LogP contribution in [0.5, 0.6) is 11.5 Å². The minimum absolute atomic E-state index is 0.0597. The average molecular weight is 378 g/mol. The predicted octanol–water partition coefficient (Wildman–Crippen LogP) is 4.54. The third-order valence-electron chi connectivity index (χ3n) is 3.26. The first kappa shape index (κ1) is 17.5. The van der Waals surface area contributed by atoms with E-state index in [2.05, 4.69) is 15.9 Å². The van der Waals surface area contributed by atoms with E-state index in [-0.39, 0.29) is 6.54 Å². The van der Waals surface area contributed by atoms with Crippen LogP contribution < -0.4 is 4.74 Å². The van der Waals surface area contributed by atoms with Crippen LogP contribution in [0.15, 0.2) is 53.0 Å². The van der Waals surface area contributed by atoms with Gasteiger partial charge in [0.2, 0.25) is 0 Å². The lowest BCUT2D eigenvalue weighted by Gasteiger charge is -2.19. The Kier molecular flexibility index (Phi) is 6.62. The highest BCUT2D eigenvalue weighted by Crippen LogP contribution is 2.24. The molecule has 0 spiro atoms. The Balaban J connectivity index is 1.99. The number of rotatable bonds is 8. The molecule has 0 unspecified atom stereocenters. The SMILES string of the molecule is CCCN(CC(=O)O)Cc1ccc(Oc2cccc(Br)c2)cc1. The molecule has 0 aromatic heterocycles. The molecule has 0 saturated heterocycles. The monoisotopic (exact) mass is 377 g/mol. The Morgan fingerprint density at radius 3 is 2.52 bits per heavy atom. The van der Waals surface area contributed by atoms with Crippen molar-refractivity contribution in [3.8, 4) is 11.5 Å². The van der Waals surface area contributed by atoms with E-state index in [1.54, 1.807) is 0 Å². The lowest BCUT2D eigenvalue weighted by atomic mass is 10.2. The van der Waals surface area contributed by atoms with E-state index in [1.807, 2.05) is 60.4 Å². The maximum absolute atomic E-state index is 10.9. The Morgan fingerprint density at radius 2 is 1.91 bits per heavy atom. The van der Waals surface area contributed by atoms with Gasteiger partial charge >= 0.3 is 5.97 Å². The molecule has 0 radical (unpaired) electrons. The van der Waals surface area contributed by atoms with Crippen LogP contribution >= 0.6 is 15.9 Å². The van der Waals surface area contributed by atoms with E-state index in [0.29, 0.717) is 6.54 Å². The highest BCUT2D eigenvalue weighted by atomic mass is 79.9. The van der Waals surface area contributed by atoms with E-state index < -0.39 is 5.97 Å². The van der Waals surface area contributed by atoms with Crippen LogP contribution in [0.4, 0.5) is 0 Å². The first-order valence-electron chi connectivity index (χ1n) is 7.53. The zero-order valence-electron chi connectivity index (χ0n) is 13.0. The molecule has 0 aliphatic heterocycles. The van der Waals surface area contributed by atoms with Crippen LogP contribution in [0.25, 0.3) is 0 Å². The van der Waals surface area contributed by atoms with Crippen molar-refractivity contribution in [2.24, 2.45) is 0 Å². The number of carbonyl (C=O) groups is 1. The molecule has 0 aliphatic rings. The normalized spacial score (nSPS) is 10.7. The zero-order chi connectivity index (χ0) is 16.7. The topological polar surface area (TPSA) is 49.8 Å². The molecule has 0 atom stereocenters. The van der Waals surface area contributed by atoms with Gasteiger partial charge in [0.15, 0.2) is 0 Å². The molecule has 0 heterocycles. The van der Waals surface area contributed by atoms with Crippen LogP contribution in [0.1, 0.15) is 18.9 Å². The summed E-state index contributed by atoms with van der Waals surface area (Å²) in [7, 11) is 0. The molecule has 23 heavy (non-hydrogen) atoms. The second-order valence-corrected chi connectivity index (χ2v) is 6.22. The first-order valence-corrected chi connectivity index (χ1v) is 8.32. The Morgan fingerprint density at radius 1 is 1.17 bits per heavy atom. The Bertz CT molecular complexity index is 643. The van der Waals surface area contributed by atoms with E-state index in [9.17, 15) is 4.79 Å². The summed E-state index contributed by atoms with van der Waals surface area (Å²) < 4.78 is 6.76. The van der Waals surface area contributed by atoms with Gasteiger partial charge in [-0.25, -0.2) is 0 Å². The fourth-order valence-corrected chi connectivity index (χ4v) is 2.69. The molecule has 0 bridgehead atoms. The van der Waals surface area contributed by atoms with Crippen LogP contribution in [0, 0.1) is 0 Å². The summed E-state index contributed by atoms with van der Waals surface area (Å²) in [5.74, 6) is 0.728. The van der Waals surface area contributed by atoms with Crippen molar-refractivity contribution in [2.45, 2.75) is 19.9 Å². The van der Waals surface area contributed by atoms with Gasteiger partial charge in [-0.2, -0.15) is 0 Å². The Hall–Kier alpha value is -1.85. The van der Waals surface area contributed by atoms with Crippen molar-refractivity contribution in [2.75, 3.05) is 13.1 Å². The molecule has 122 valence electrons. The van der Waals surface area contributed by atoms with Gasteiger partial charge < -0.3 is 9.84 Å². The minimum Gasteiger partial charge on any atom is -0.480 e. The van der Waals surface area contributed by atoms with Crippen molar-refractivity contribution in [1.82, 2.24) is 4.90 Å². The average Bonchev–Trinajstić information content (AvgIpc) is 2.49. The van der Waals surface area contributed by atoms with Crippen molar-refractivity contribution >= 4 is 21.9 Å². The quantitative estimate of drug-likeness (QED) is 0.733. The van der Waals surface area contributed by atoms with Gasteiger partial charge in [-0.1, -0.05) is 41.1 Å². The largest absolute Gasteiger partial charge is 0.480 e. The van der Waals surface area contributed by atoms with Gasteiger partial charge in [-0.3, -0.25) is 9.69 Å². The summed E-state index contributed by atoms with van der Waals surface area (Å²) >= 11 is 3.42. The maximum Gasteiger partial charge on any atom is 0.317 e. The van der Waals surface area contributed by atoms with Crippen LogP contribution in [0.2, 0.25) is 0 Å². The highest BCUT2D eigenvalue weighted by Gasteiger charge is 2.09. The summed E-state index contributed by atoms with van der Waals surface area (Å²) in [4.78, 5) is 12.8. The fraction of sp³-hybridized carbons (Fsp3) is 0.278. The van der Waals surface area contributed by atoms with Crippen molar-refractivity contribution < 1.29 is 14.6 Å². The lowest BCUT2D eigenvalue weighted by molar-refractivity contribution is -0.138. The standard InChI is InChI=1S/C18H20BrNO3/c1-2-10-20(13-18(21)22)12-14-6-8-16(9-7-14)23-17-5-3-4-15(19)11-17/h3-9,11H,2,10,12-13H2,1H3,(H,21,22). The second kappa shape index (κ2) is 8.70. The number of halogens is 1. The third kappa shape index (κ3) is 6.04. The number of hydrogen-bond acceptors (Lipinski definition) is 3. The van der Waals surface area contributed by atoms with Crippen molar-refractivity contribution in [1.29, 1.82) is 0 Å². The minimum atomic E-state index is -0.798. The smallest absolute Gasteiger partial charge is 0.317 e. The summed E-state index contributed by atoms with van der Waals surface area (Å²) in [6.07, 6.45) is 0.928. The predicted molar refractivity (Wildman–Crippen MR) is 93.9 cm³/mol. The molecule has 0 fully saturated rings. The van der Waals surface area contributed by atoms with Gasteiger partial charge in [0.1, 0.15) is 11.5 Å². The molecular formula is C18H20BrNO3. The number of benzene rings is 2. The molecule has 1 N–H and O–H groups in total. The number of nitrogens with zero attached hydrogens (tertiary/aromatic N) is 1. The molecule has 0 aliphatic carbocycles. The Labute approximate surface area is 144 Å². The third-order valence-corrected chi connectivity index (χ3v) is 3.75.